The van der Waals surface area contributed by atoms with Gasteiger partial charge in [-0.25, -0.2) is 0 Å². The number of hydrogen-bond acceptors (Lipinski definition) is 4. The lowest BCUT2D eigenvalue weighted by atomic mass is 10.0. The summed E-state index contributed by atoms with van der Waals surface area (Å²) in [5.41, 5.74) is 7.02. The van der Waals surface area contributed by atoms with Crippen molar-refractivity contribution in [3.8, 4) is 0 Å². The monoisotopic (exact) mass is 276 g/mol. The maximum absolute atomic E-state index is 6.13. The summed E-state index contributed by atoms with van der Waals surface area (Å²) in [7, 11) is 0. The molecule has 1 unspecified atom stereocenters. The van der Waals surface area contributed by atoms with Crippen molar-refractivity contribution in [2.24, 2.45) is 5.84 Å². The molecule has 2 aromatic rings. The van der Waals surface area contributed by atoms with Crippen LogP contribution in [0.3, 0.4) is 0 Å². The van der Waals surface area contributed by atoms with Crippen molar-refractivity contribution in [1.29, 1.82) is 0 Å². The molecule has 0 aliphatic carbocycles. The molecule has 2 aromatic heterocycles. The van der Waals surface area contributed by atoms with E-state index in [1.165, 1.54) is 0 Å². The molecule has 0 fully saturated rings. The number of hydrazine groups is 1. The van der Waals surface area contributed by atoms with Crippen LogP contribution >= 0.6 is 11.6 Å². The van der Waals surface area contributed by atoms with Gasteiger partial charge in [0.05, 0.1) is 16.8 Å². The number of hydrogen-bond donors (Lipinski definition) is 2. The summed E-state index contributed by atoms with van der Waals surface area (Å²) in [6.07, 6.45) is 5.89. The smallest absolute Gasteiger partial charge is 0.0675 e. The van der Waals surface area contributed by atoms with Gasteiger partial charge in [0, 0.05) is 18.6 Å². The number of rotatable bonds is 4. The first-order valence-corrected chi connectivity index (χ1v) is 6.47. The predicted molar refractivity (Wildman–Crippen MR) is 76.7 cm³/mol. The quantitative estimate of drug-likeness (QED) is 0.665. The molecule has 0 amide bonds. The molecule has 0 saturated heterocycles. The third-order valence-electron chi connectivity index (χ3n) is 3.07. The van der Waals surface area contributed by atoms with Crippen molar-refractivity contribution < 1.29 is 0 Å². The molecule has 3 N–H and O–H groups in total. The molecule has 0 saturated carbocycles. The molecule has 0 aliphatic heterocycles. The number of aromatic nitrogens is 2. The fourth-order valence-corrected chi connectivity index (χ4v) is 2.31. The van der Waals surface area contributed by atoms with Gasteiger partial charge in [0.2, 0.25) is 0 Å². The molecule has 100 valence electrons. The minimum atomic E-state index is -0.0690. The Kier molecular flexibility index (Phi) is 4.47. The summed E-state index contributed by atoms with van der Waals surface area (Å²) in [5, 5.41) is 0.646. The van der Waals surface area contributed by atoms with Gasteiger partial charge in [0.15, 0.2) is 0 Å². The lowest BCUT2D eigenvalue weighted by Crippen LogP contribution is -2.31. The van der Waals surface area contributed by atoms with E-state index in [4.69, 9.17) is 17.4 Å². The summed E-state index contributed by atoms with van der Waals surface area (Å²) in [4.78, 5) is 8.45. The molecule has 2 heterocycles. The highest BCUT2D eigenvalue weighted by Gasteiger charge is 2.16. The van der Waals surface area contributed by atoms with E-state index >= 15 is 0 Å². The van der Waals surface area contributed by atoms with Crippen molar-refractivity contribution >= 4 is 11.6 Å². The minimum Gasteiger partial charge on any atom is -0.271 e. The molecule has 0 aromatic carbocycles. The van der Waals surface area contributed by atoms with Crippen LogP contribution in [0.5, 0.6) is 0 Å². The third-order valence-corrected chi connectivity index (χ3v) is 3.41. The molecule has 0 radical (unpaired) electrons. The van der Waals surface area contributed by atoms with Gasteiger partial charge in [0.25, 0.3) is 0 Å². The highest BCUT2D eigenvalue weighted by atomic mass is 35.5. The van der Waals surface area contributed by atoms with Crippen LogP contribution in [0.2, 0.25) is 5.02 Å². The average molecular weight is 277 g/mol. The van der Waals surface area contributed by atoms with Crippen LogP contribution in [0.25, 0.3) is 0 Å². The minimum absolute atomic E-state index is 0.0690. The van der Waals surface area contributed by atoms with E-state index in [1.54, 1.807) is 12.4 Å². The van der Waals surface area contributed by atoms with E-state index in [0.29, 0.717) is 11.4 Å². The molecular weight excluding hydrogens is 260 g/mol. The summed E-state index contributed by atoms with van der Waals surface area (Å²) in [5.74, 6) is 5.66. The van der Waals surface area contributed by atoms with Crippen LogP contribution < -0.4 is 11.3 Å². The first-order valence-electron chi connectivity index (χ1n) is 6.09. The Morgan fingerprint density at radius 2 is 2.16 bits per heavy atom. The third kappa shape index (κ3) is 3.29. The number of pyridine rings is 2. The lowest BCUT2D eigenvalue weighted by Gasteiger charge is -2.18. The molecular formula is C14H17ClN4. The summed E-state index contributed by atoms with van der Waals surface area (Å²) >= 11 is 6.13. The van der Waals surface area contributed by atoms with Gasteiger partial charge < -0.3 is 0 Å². The number of nitrogens with zero attached hydrogens (tertiary/aromatic N) is 2. The number of nitrogens with one attached hydrogen (secondary N) is 1. The Labute approximate surface area is 118 Å². The maximum atomic E-state index is 6.13. The van der Waals surface area contributed by atoms with Crippen molar-refractivity contribution in [2.45, 2.75) is 26.3 Å². The Morgan fingerprint density at radius 1 is 1.37 bits per heavy atom. The van der Waals surface area contributed by atoms with Gasteiger partial charge in [-0.15, -0.1) is 0 Å². The zero-order valence-corrected chi connectivity index (χ0v) is 11.8. The molecule has 0 aliphatic rings. The molecule has 19 heavy (non-hydrogen) atoms. The van der Waals surface area contributed by atoms with Gasteiger partial charge in [-0.1, -0.05) is 17.7 Å². The fourth-order valence-electron chi connectivity index (χ4n) is 2.11. The zero-order valence-electron chi connectivity index (χ0n) is 11.0. The standard InChI is InChI=1S/C14H17ClN4/c1-9-5-10(2)14(18-7-9)13(19-16)6-11-3-4-17-8-12(11)15/h3-5,7-8,13,19H,6,16H2,1-2H3. The van der Waals surface area contributed by atoms with Crippen LogP contribution in [0.15, 0.2) is 30.7 Å². The van der Waals surface area contributed by atoms with Gasteiger partial charge >= 0.3 is 0 Å². The maximum Gasteiger partial charge on any atom is 0.0675 e. The highest BCUT2D eigenvalue weighted by Crippen LogP contribution is 2.23. The Hall–Kier alpha value is -1.49. The van der Waals surface area contributed by atoms with Crippen LogP contribution in [0.4, 0.5) is 0 Å². The second kappa shape index (κ2) is 6.10. The second-order valence-electron chi connectivity index (χ2n) is 4.61. The molecule has 5 heteroatoms. The highest BCUT2D eigenvalue weighted by molar-refractivity contribution is 6.31. The number of nitrogens with two attached hydrogens (primary N) is 1. The summed E-state index contributed by atoms with van der Waals surface area (Å²) < 4.78 is 0. The SMILES string of the molecule is Cc1cnc(C(Cc2ccncc2Cl)NN)c(C)c1. The van der Waals surface area contributed by atoms with Crippen molar-refractivity contribution in [3.63, 3.8) is 0 Å². The van der Waals surface area contributed by atoms with E-state index in [0.717, 1.165) is 22.4 Å². The molecule has 0 spiro atoms. The topological polar surface area (TPSA) is 63.8 Å². The average Bonchev–Trinajstić information content (AvgIpc) is 2.39. The van der Waals surface area contributed by atoms with Gasteiger partial charge in [-0.3, -0.25) is 21.2 Å². The summed E-state index contributed by atoms with van der Waals surface area (Å²) in [6.45, 7) is 4.06. The number of halogens is 1. The predicted octanol–water partition coefficient (Wildman–Crippen LogP) is 2.49. The van der Waals surface area contributed by atoms with Crippen LogP contribution in [0.1, 0.15) is 28.4 Å². The summed E-state index contributed by atoms with van der Waals surface area (Å²) in [6, 6.07) is 3.93. The van der Waals surface area contributed by atoms with Crippen molar-refractivity contribution in [2.75, 3.05) is 0 Å². The lowest BCUT2D eigenvalue weighted by molar-refractivity contribution is 0.535. The van der Waals surface area contributed by atoms with Gasteiger partial charge in [0.1, 0.15) is 0 Å². The van der Waals surface area contributed by atoms with Crippen LogP contribution in [-0.4, -0.2) is 9.97 Å². The Bertz CT molecular complexity index is 571. The Balaban J connectivity index is 2.28. The number of aryl methyl sites for hydroxylation is 2. The fraction of sp³-hybridized carbons (Fsp3) is 0.286. The zero-order chi connectivity index (χ0) is 13.8. The first-order chi connectivity index (χ1) is 9.11. The first kappa shape index (κ1) is 13.9. The van der Waals surface area contributed by atoms with E-state index in [1.807, 2.05) is 26.1 Å². The Morgan fingerprint density at radius 3 is 2.79 bits per heavy atom. The van der Waals surface area contributed by atoms with Gasteiger partial charge in [-0.05, 0) is 43.0 Å². The van der Waals surface area contributed by atoms with E-state index in [2.05, 4.69) is 21.5 Å². The second-order valence-corrected chi connectivity index (χ2v) is 5.01. The van der Waals surface area contributed by atoms with E-state index < -0.39 is 0 Å². The molecule has 2 rings (SSSR count). The van der Waals surface area contributed by atoms with Crippen molar-refractivity contribution in [3.05, 3.63) is 58.1 Å². The van der Waals surface area contributed by atoms with Gasteiger partial charge in [-0.2, -0.15) is 0 Å². The molecule has 0 bridgehead atoms. The van der Waals surface area contributed by atoms with Crippen LogP contribution in [0, 0.1) is 13.8 Å². The normalized spacial score (nSPS) is 12.4. The molecule has 1 atom stereocenters. The molecule has 4 nitrogen and oxygen atoms in total. The largest absolute Gasteiger partial charge is 0.271 e. The van der Waals surface area contributed by atoms with Crippen LogP contribution in [-0.2, 0) is 6.42 Å². The van der Waals surface area contributed by atoms with E-state index in [9.17, 15) is 0 Å². The van der Waals surface area contributed by atoms with Crippen molar-refractivity contribution in [1.82, 2.24) is 15.4 Å². The van der Waals surface area contributed by atoms with E-state index in [-0.39, 0.29) is 6.04 Å².